The average molecular weight is 419 g/mol. The number of amides is 1. The van der Waals surface area contributed by atoms with Crippen LogP contribution in [-0.2, 0) is 14.8 Å². The first kappa shape index (κ1) is 21.4. The third-order valence-electron chi connectivity index (χ3n) is 4.55. The fraction of sp³-hybridized carbons (Fsp3) is 0.611. The quantitative estimate of drug-likeness (QED) is 0.655. The summed E-state index contributed by atoms with van der Waals surface area (Å²) in [6, 6.07) is 4.18. The lowest BCUT2D eigenvalue weighted by Crippen LogP contribution is -2.48. The zero-order valence-corrected chi connectivity index (χ0v) is 17.9. The highest BCUT2D eigenvalue weighted by atomic mass is 35.5. The van der Waals surface area contributed by atoms with Crippen LogP contribution < -0.4 is 9.62 Å². The number of hydrogen-bond donors (Lipinski definition) is 1. The lowest BCUT2D eigenvalue weighted by molar-refractivity contribution is -0.121. The highest BCUT2D eigenvalue weighted by Gasteiger charge is 2.30. The molecule has 1 aromatic rings. The molecule has 26 heavy (non-hydrogen) atoms. The number of hydrogen-bond acceptors (Lipinski definition) is 4. The first-order valence-electron chi connectivity index (χ1n) is 8.85. The van der Waals surface area contributed by atoms with E-state index in [4.69, 9.17) is 11.6 Å². The number of benzene rings is 1. The molecule has 1 amide bonds. The summed E-state index contributed by atoms with van der Waals surface area (Å²) in [5.41, 5.74) is 1.18. The van der Waals surface area contributed by atoms with Crippen molar-refractivity contribution in [2.75, 3.05) is 22.9 Å². The standard InChI is InChI=1S/C18H27ClN2O3S2/c1-13-8-9-15(19)12-17(13)21(26(3,23)24)14(2)18(22)20-10-11-25-16-6-4-5-7-16/h8-9,12,14,16H,4-7,10-11H2,1-3H3,(H,20,22). The lowest BCUT2D eigenvalue weighted by Gasteiger charge is -2.29. The summed E-state index contributed by atoms with van der Waals surface area (Å²) in [5.74, 6) is 0.542. The zero-order chi connectivity index (χ0) is 19.3. The van der Waals surface area contributed by atoms with Gasteiger partial charge < -0.3 is 5.32 Å². The van der Waals surface area contributed by atoms with Gasteiger partial charge in [-0.3, -0.25) is 9.10 Å². The predicted molar refractivity (Wildman–Crippen MR) is 111 cm³/mol. The van der Waals surface area contributed by atoms with E-state index in [1.54, 1.807) is 32.0 Å². The summed E-state index contributed by atoms with van der Waals surface area (Å²) in [6.45, 7) is 3.93. The van der Waals surface area contributed by atoms with E-state index >= 15 is 0 Å². The van der Waals surface area contributed by atoms with Crippen LogP contribution in [0.15, 0.2) is 18.2 Å². The lowest BCUT2D eigenvalue weighted by atomic mass is 10.2. The maximum absolute atomic E-state index is 12.5. The molecule has 0 radical (unpaired) electrons. The Hall–Kier alpha value is -0.920. The van der Waals surface area contributed by atoms with Crippen molar-refractivity contribution < 1.29 is 13.2 Å². The second-order valence-corrected chi connectivity index (χ2v) is 10.4. The van der Waals surface area contributed by atoms with E-state index < -0.39 is 16.1 Å². The van der Waals surface area contributed by atoms with Crippen LogP contribution in [0.1, 0.15) is 38.2 Å². The second kappa shape index (κ2) is 9.33. The Balaban J connectivity index is 2.02. The molecule has 8 heteroatoms. The SMILES string of the molecule is Cc1ccc(Cl)cc1N(C(C)C(=O)NCCSC1CCCC1)S(C)(=O)=O. The molecule has 0 aliphatic heterocycles. The van der Waals surface area contributed by atoms with E-state index in [1.807, 2.05) is 11.8 Å². The first-order chi connectivity index (χ1) is 12.2. The number of sulfonamides is 1. The summed E-state index contributed by atoms with van der Waals surface area (Å²) in [6.07, 6.45) is 6.20. The fourth-order valence-corrected chi connectivity index (χ4v) is 5.81. The van der Waals surface area contributed by atoms with Crippen molar-refractivity contribution in [1.82, 2.24) is 5.32 Å². The van der Waals surface area contributed by atoms with Crippen molar-refractivity contribution in [3.05, 3.63) is 28.8 Å². The third-order valence-corrected chi connectivity index (χ3v) is 7.40. The Morgan fingerprint density at radius 2 is 2.04 bits per heavy atom. The first-order valence-corrected chi connectivity index (χ1v) is 12.1. The van der Waals surface area contributed by atoms with Gasteiger partial charge in [-0.1, -0.05) is 30.5 Å². The number of carbonyl (C=O) groups is 1. The molecular weight excluding hydrogens is 392 g/mol. The minimum absolute atomic E-state index is 0.304. The van der Waals surface area contributed by atoms with Gasteiger partial charge in [0, 0.05) is 22.6 Å². The number of aryl methyl sites for hydroxylation is 1. The van der Waals surface area contributed by atoms with Crippen LogP contribution in [0, 0.1) is 6.92 Å². The maximum atomic E-state index is 12.5. The Morgan fingerprint density at radius 3 is 2.65 bits per heavy atom. The molecule has 1 aliphatic carbocycles. The minimum Gasteiger partial charge on any atom is -0.353 e. The van der Waals surface area contributed by atoms with Gasteiger partial charge in [-0.15, -0.1) is 0 Å². The minimum atomic E-state index is -3.64. The molecule has 1 atom stereocenters. The molecular formula is C18H27ClN2O3S2. The summed E-state index contributed by atoms with van der Waals surface area (Å²) >= 11 is 7.92. The number of anilines is 1. The van der Waals surface area contributed by atoms with E-state index in [2.05, 4.69) is 5.32 Å². The molecule has 0 aromatic heterocycles. The van der Waals surface area contributed by atoms with Crippen molar-refractivity contribution in [2.24, 2.45) is 0 Å². The molecule has 0 saturated heterocycles. The average Bonchev–Trinajstić information content (AvgIpc) is 3.07. The number of rotatable bonds is 8. The van der Waals surface area contributed by atoms with Gasteiger partial charge in [-0.2, -0.15) is 11.8 Å². The monoisotopic (exact) mass is 418 g/mol. The van der Waals surface area contributed by atoms with E-state index in [0.717, 1.165) is 21.9 Å². The third kappa shape index (κ3) is 5.79. The summed E-state index contributed by atoms with van der Waals surface area (Å²) in [7, 11) is -3.64. The van der Waals surface area contributed by atoms with Gasteiger partial charge in [0.15, 0.2) is 0 Å². The molecule has 146 valence electrons. The molecule has 1 unspecified atom stereocenters. The maximum Gasteiger partial charge on any atom is 0.243 e. The summed E-state index contributed by atoms with van der Waals surface area (Å²) in [5, 5.41) is 3.99. The van der Waals surface area contributed by atoms with Crippen LogP contribution >= 0.6 is 23.4 Å². The number of halogens is 1. The van der Waals surface area contributed by atoms with Crippen molar-refractivity contribution in [3.63, 3.8) is 0 Å². The number of carbonyl (C=O) groups excluding carboxylic acids is 1. The topological polar surface area (TPSA) is 66.5 Å². The Labute approximate surface area is 165 Å². The second-order valence-electron chi connectivity index (χ2n) is 6.73. The van der Waals surface area contributed by atoms with E-state index in [1.165, 1.54) is 25.7 Å². The molecule has 1 N–H and O–H groups in total. The molecule has 0 heterocycles. The van der Waals surface area contributed by atoms with Crippen LogP contribution in [0.25, 0.3) is 0 Å². The number of nitrogens with one attached hydrogen (secondary N) is 1. The Morgan fingerprint density at radius 1 is 1.38 bits per heavy atom. The van der Waals surface area contributed by atoms with Gasteiger partial charge in [0.1, 0.15) is 6.04 Å². The van der Waals surface area contributed by atoms with Crippen molar-refractivity contribution in [1.29, 1.82) is 0 Å². The molecule has 1 fully saturated rings. The Bertz CT molecular complexity index is 734. The van der Waals surface area contributed by atoms with Gasteiger partial charge in [-0.05, 0) is 44.4 Å². The van der Waals surface area contributed by atoms with Gasteiger partial charge in [0.2, 0.25) is 15.9 Å². The van der Waals surface area contributed by atoms with Gasteiger partial charge in [0.05, 0.1) is 11.9 Å². The van der Waals surface area contributed by atoms with Crippen LogP contribution in [0.5, 0.6) is 0 Å². The smallest absolute Gasteiger partial charge is 0.243 e. The van der Waals surface area contributed by atoms with Crippen molar-refractivity contribution in [3.8, 4) is 0 Å². The molecule has 1 aliphatic rings. The highest BCUT2D eigenvalue weighted by molar-refractivity contribution is 7.99. The molecule has 2 rings (SSSR count). The van der Waals surface area contributed by atoms with Gasteiger partial charge in [-0.25, -0.2) is 8.42 Å². The van der Waals surface area contributed by atoms with Gasteiger partial charge >= 0.3 is 0 Å². The zero-order valence-electron chi connectivity index (χ0n) is 15.5. The molecule has 0 spiro atoms. The van der Waals surface area contributed by atoms with Crippen LogP contribution in [-0.4, -0.2) is 44.2 Å². The van der Waals surface area contributed by atoms with E-state index in [9.17, 15) is 13.2 Å². The van der Waals surface area contributed by atoms with Crippen LogP contribution in [0.2, 0.25) is 5.02 Å². The summed E-state index contributed by atoms with van der Waals surface area (Å²) in [4.78, 5) is 12.5. The molecule has 1 aromatic carbocycles. The predicted octanol–water partition coefficient (Wildman–Crippen LogP) is 3.59. The number of nitrogens with zero attached hydrogens (tertiary/aromatic N) is 1. The van der Waals surface area contributed by atoms with Crippen molar-refractivity contribution in [2.45, 2.75) is 50.8 Å². The molecule has 0 bridgehead atoms. The fourth-order valence-electron chi connectivity index (χ4n) is 3.20. The Kier molecular flexibility index (Phi) is 7.67. The van der Waals surface area contributed by atoms with Crippen molar-refractivity contribution >= 4 is 45.0 Å². The van der Waals surface area contributed by atoms with Crippen LogP contribution in [0.4, 0.5) is 5.69 Å². The number of thioether (sulfide) groups is 1. The van der Waals surface area contributed by atoms with Crippen LogP contribution in [0.3, 0.4) is 0 Å². The molecule has 5 nitrogen and oxygen atoms in total. The molecule has 1 saturated carbocycles. The highest BCUT2D eigenvalue weighted by Crippen LogP contribution is 2.29. The normalized spacial score (nSPS) is 16.5. The summed E-state index contributed by atoms with van der Waals surface area (Å²) < 4.78 is 25.8. The van der Waals surface area contributed by atoms with Gasteiger partial charge in [0.25, 0.3) is 0 Å². The van der Waals surface area contributed by atoms with E-state index in [-0.39, 0.29) is 5.91 Å². The van der Waals surface area contributed by atoms with E-state index in [0.29, 0.717) is 22.5 Å². The largest absolute Gasteiger partial charge is 0.353 e.